The highest BCUT2D eigenvalue weighted by Gasteiger charge is 2.32. The van der Waals surface area contributed by atoms with Crippen molar-refractivity contribution >= 4 is 27.9 Å². The molecule has 1 aromatic carbocycles. The van der Waals surface area contributed by atoms with Crippen LogP contribution in [0.25, 0.3) is 21.9 Å². The van der Waals surface area contributed by atoms with Crippen LogP contribution >= 0.6 is 0 Å². The predicted molar refractivity (Wildman–Crippen MR) is 110 cm³/mol. The lowest BCUT2D eigenvalue weighted by atomic mass is 10.0. The van der Waals surface area contributed by atoms with E-state index in [4.69, 9.17) is 23.0 Å². The number of fused-ring (bicyclic) bond motifs is 2. The highest BCUT2D eigenvalue weighted by Crippen LogP contribution is 2.42. The molecule has 3 rings (SSSR count). The van der Waals surface area contributed by atoms with Crippen molar-refractivity contribution in [3.63, 3.8) is 0 Å². The van der Waals surface area contributed by atoms with E-state index in [0.717, 1.165) is 0 Å². The molecule has 8 nitrogen and oxygen atoms in total. The summed E-state index contributed by atoms with van der Waals surface area (Å²) in [5, 5.41) is 11.6. The maximum atomic E-state index is 12.1. The van der Waals surface area contributed by atoms with E-state index in [-0.39, 0.29) is 30.3 Å². The first kappa shape index (κ1) is 21.7. The van der Waals surface area contributed by atoms with Crippen molar-refractivity contribution in [1.29, 1.82) is 0 Å². The monoisotopic (exact) mass is 418 g/mol. The zero-order valence-corrected chi connectivity index (χ0v) is 17.7. The van der Waals surface area contributed by atoms with Crippen LogP contribution in [0.1, 0.15) is 34.1 Å². The van der Waals surface area contributed by atoms with Gasteiger partial charge in [0.05, 0.1) is 29.7 Å². The summed E-state index contributed by atoms with van der Waals surface area (Å²) < 4.78 is 27.8. The number of furan rings is 1. The van der Waals surface area contributed by atoms with Crippen LogP contribution in [0.2, 0.25) is 0 Å². The molecule has 2 heterocycles. The summed E-state index contributed by atoms with van der Waals surface area (Å²) in [6.45, 7) is 6.67. The van der Waals surface area contributed by atoms with Crippen molar-refractivity contribution in [2.24, 2.45) is 5.92 Å². The quantitative estimate of drug-likeness (QED) is 0.436. The maximum Gasteiger partial charge on any atom is 0.336 e. The lowest BCUT2D eigenvalue weighted by molar-refractivity contribution is -0.166. The lowest BCUT2D eigenvalue weighted by Crippen LogP contribution is -2.44. The zero-order valence-electron chi connectivity index (χ0n) is 17.7. The Balaban J connectivity index is 2.01. The van der Waals surface area contributed by atoms with E-state index in [1.54, 1.807) is 12.1 Å². The first-order valence-electron chi connectivity index (χ1n) is 9.67. The van der Waals surface area contributed by atoms with Gasteiger partial charge in [0.2, 0.25) is 5.75 Å². The van der Waals surface area contributed by atoms with Crippen LogP contribution < -0.4 is 15.1 Å². The molecule has 0 saturated heterocycles. The molecule has 0 fully saturated rings. The molecular formula is C22H26O8. The van der Waals surface area contributed by atoms with Crippen LogP contribution in [0.3, 0.4) is 0 Å². The van der Waals surface area contributed by atoms with Gasteiger partial charge in [-0.3, -0.25) is 4.79 Å². The average Bonchev–Trinajstić information content (AvgIpc) is 3.11. The highest BCUT2D eigenvalue weighted by atomic mass is 16.6. The predicted octanol–water partition coefficient (Wildman–Crippen LogP) is 3.66. The van der Waals surface area contributed by atoms with E-state index in [0.29, 0.717) is 22.1 Å². The van der Waals surface area contributed by atoms with Crippen molar-refractivity contribution in [2.45, 2.75) is 45.8 Å². The molecule has 1 unspecified atom stereocenters. The second-order valence-electron chi connectivity index (χ2n) is 8.06. The van der Waals surface area contributed by atoms with Crippen molar-refractivity contribution in [3.8, 4) is 11.5 Å². The van der Waals surface area contributed by atoms with Crippen LogP contribution in [-0.2, 0) is 9.53 Å². The minimum Gasteiger partial charge on any atom is -0.495 e. The van der Waals surface area contributed by atoms with Gasteiger partial charge in [0.15, 0.2) is 17.3 Å². The maximum absolute atomic E-state index is 12.1. The molecule has 3 aromatic rings. The molecule has 0 aliphatic carbocycles. The lowest BCUT2D eigenvalue weighted by Gasteiger charge is -2.29. The Morgan fingerprint density at radius 1 is 1.13 bits per heavy atom. The summed E-state index contributed by atoms with van der Waals surface area (Å²) in [5.41, 5.74) is -1.47. The summed E-state index contributed by atoms with van der Waals surface area (Å²) in [7, 11) is 1.51. The Hall–Kier alpha value is -3.00. The molecule has 0 aliphatic rings. The molecule has 0 radical (unpaired) electrons. The molecular weight excluding hydrogens is 392 g/mol. The van der Waals surface area contributed by atoms with Crippen molar-refractivity contribution in [2.75, 3.05) is 13.7 Å². The van der Waals surface area contributed by atoms with Crippen LogP contribution in [0.5, 0.6) is 11.5 Å². The number of methoxy groups -OCH3 is 1. The molecule has 30 heavy (non-hydrogen) atoms. The van der Waals surface area contributed by atoms with Crippen LogP contribution in [0.15, 0.2) is 38.1 Å². The number of carbonyl (C=O) groups excluding carboxylic acids is 1. The van der Waals surface area contributed by atoms with Gasteiger partial charge in [0.25, 0.3) is 0 Å². The summed E-state index contributed by atoms with van der Waals surface area (Å²) in [4.78, 5) is 24.0. The molecule has 0 spiro atoms. The van der Waals surface area contributed by atoms with Crippen LogP contribution in [-0.4, -0.2) is 36.5 Å². The van der Waals surface area contributed by atoms with E-state index in [2.05, 4.69) is 0 Å². The van der Waals surface area contributed by atoms with E-state index in [1.165, 1.54) is 33.3 Å². The number of rotatable bonds is 8. The summed E-state index contributed by atoms with van der Waals surface area (Å²) in [5.74, 6) is 0.323. The topological polar surface area (TPSA) is 108 Å². The molecule has 162 valence electrons. The van der Waals surface area contributed by atoms with Gasteiger partial charge in [-0.05, 0) is 31.9 Å². The van der Waals surface area contributed by atoms with Crippen LogP contribution in [0.4, 0.5) is 0 Å². The SMILES string of the molecule is COc1c2ccoc2c(OCC(OC(=O)CC(C)C)C(C)(C)O)c2oc(=O)ccc12. The Bertz CT molecular complexity index is 1100. The van der Waals surface area contributed by atoms with Gasteiger partial charge >= 0.3 is 11.6 Å². The number of hydrogen-bond acceptors (Lipinski definition) is 8. The molecule has 0 aliphatic heterocycles. The Labute approximate surface area is 173 Å². The van der Waals surface area contributed by atoms with Gasteiger partial charge < -0.3 is 28.2 Å². The molecule has 0 bridgehead atoms. The van der Waals surface area contributed by atoms with E-state index >= 15 is 0 Å². The second-order valence-corrected chi connectivity index (χ2v) is 8.06. The first-order chi connectivity index (χ1) is 14.1. The fourth-order valence-corrected chi connectivity index (χ4v) is 3.11. The third-order valence-electron chi connectivity index (χ3n) is 4.62. The Morgan fingerprint density at radius 3 is 2.47 bits per heavy atom. The number of esters is 1. The minimum atomic E-state index is -1.36. The van der Waals surface area contributed by atoms with Gasteiger partial charge in [0.1, 0.15) is 12.4 Å². The number of hydrogen-bond donors (Lipinski definition) is 1. The summed E-state index contributed by atoms with van der Waals surface area (Å²) in [6, 6.07) is 4.57. The fourth-order valence-electron chi connectivity index (χ4n) is 3.11. The first-order valence-corrected chi connectivity index (χ1v) is 9.67. The highest BCUT2D eigenvalue weighted by molar-refractivity contribution is 6.06. The third-order valence-corrected chi connectivity index (χ3v) is 4.62. The largest absolute Gasteiger partial charge is 0.495 e. The number of ether oxygens (including phenoxy) is 3. The van der Waals surface area contributed by atoms with Gasteiger partial charge in [-0.15, -0.1) is 0 Å². The Kier molecular flexibility index (Phi) is 6.07. The second kappa shape index (κ2) is 8.39. The van der Waals surface area contributed by atoms with Gasteiger partial charge in [-0.25, -0.2) is 4.79 Å². The normalized spacial score (nSPS) is 13.0. The van der Waals surface area contributed by atoms with Crippen molar-refractivity contribution in [3.05, 3.63) is 34.9 Å². The Morgan fingerprint density at radius 2 is 1.83 bits per heavy atom. The van der Waals surface area contributed by atoms with Gasteiger partial charge in [-0.1, -0.05) is 13.8 Å². The van der Waals surface area contributed by atoms with E-state index in [1.807, 2.05) is 13.8 Å². The van der Waals surface area contributed by atoms with Gasteiger partial charge in [0, 0.05) is 12.5 Å². The smallest absolute Gasteiger partial charge is 0.336 e. The fraction of sp³-hybridized carbons (Fsp3) is 0.455. The number of carbonyl (C=O) groups is 1. The molecule has 1 atom stereocenters. The molecule has 1 N–H and O–H groups in total. The summed E-state index contributed by atoms with van der Waals surface area (Å²) >= 11 is 0. The minimum absolute atomic E-state index is 0.114. The average molecular weight is 418 g/mol. The van der Waals surface area contributed by atoms with E-state index < -0.39 is 23.3 Å². The number of benzene rings is 1. The number of aliphatic hydroxyl groups is 1. The summed E-state index contributed by atoms with van der Waals surface area (Å²) in [6.07, 6.45) is 0.726. The molecule has 8 heteroatoms. The molecule has 0 amide bonds. The zero-order chi connectivity index (χ0) is 22.1. The van der Waals surface area contributed by atoms with Gasteiger partial charge in [-0.2, -0.15) is 0 Å². The molecule has 2 aromatic heterocycles. The van der Waals surface area contributed by atoms with E-state index in [9.17, 15) is 14.7 Å². The van der Waals surface area contributed by atoms with Crippen molar-refractivity contribution < 1.29 is 32.9 Å². The van der Waals surface area contributed by atoms with Crippen molar-refractivity contribution in [1.82, 2.24) is 0 Å². The third kappa shape index (κ3) is 4.43. The van der Waals surface area contributed by atoms with Crippen LogP contribution in [0, 0.1) is 5.92 Å². The molecule has 0 saturated carbocycles. The standard InChI is InChI=1S/C22H26O8/c1-12(2)10-17(24)29-15(22(3,4)25)11-28-21-19-14(8-9-27-19)18(26-5)13-6-7-16(23)30-20(13)21/h6-9,12,15,25H,10-11H2,1-5H3.